The van der Waals surface area contributed by atoms with Crippen LogP contribution < -0.4 is 45.5 Å². The second kappa shape index (κ2) is 26.1. The van der Waals surface area contributed by atoms with E-state index in [0.29, 0.717) is 54.1 Å². The maximum absolute atomic E-state index is 13.3. The van der Waals surface area contributed by atoms with Crippen molar-refractivity contribution in [1.29, 1.82) is 0 Å². The molecule has 396 valence electrons. The summed E-state index contributed by atoms with van der Waals surface area (Å²) in [6.07, 6.45) is 3.97. The lowest BCUT2D eigenvalue weighted by Crippen LogP contribution is -2.47. The fraction of sp³-hybridized carbons (Fsp3) is 0.311. The average molecular weight is 1090 g/mol. The van der Waals surface area contributed by atoms with Crippen molar-refractivity contribution in [2.24, 2.45) is 33.2 Å². The van der Waals surface area contributed by atoms with Gasteiger partial charge < -0.3 is 55.3 Å². The molecule has 2 heterocycles. The molecule has 1 aliphatic rings. The van der Waals surface area contributed by atoms with Gasteiger partial charge in [-0.05, 0) is 109 Å². The van der Waals surface area contributed by atoms with Crippen LogP contribution in [0.15, 0.2) is 139 Å². The highest BCUT2D eigenvalue weighted by Gasteiger charge is 2.34. The quantitative estimate of drug-likeness (QED) is 0.0194. The molecule has 0 saturated carbocycles. The first-order valence-corrected chi connectivity index (χ1v) is 27.8. The lowest BCUT2D eigenvalue weighted by Gasteiger charge is -2.31. The van der Waals surface area contributed by atoms with Gasteiger partial charge in [0.1, 0.15) is 55.8 Å². The van der Waals surface area contributed by atoms with Crippen LogP contribution in [-0.2, 0) is 56.5 Å². The van der Waals surface area contributed by atoms with Gasteiger partial charge >= 0.3 is 20.2 Å². The summed E-state index contributed by atoms with van der Waals surface area (Å²) in [7, 11) is -15.4. The van der Waals surface area contributed by atoms with Gasteiger partial charge in [-0.1, -0.05) is 24.3 Å². The molecule has 1 fully saturated rings. The number of guanidine groups is 2. The van der Waals surface area contributed by atoms with Crippen molar-refractivity contribution >= 4 is 52.2 Å². The summed E-state index contributed by atoms with van der Waals surface area (Å²) in [4.78, 5) is 14.0. The molecule has 6 rings (SSSR count). The van der Waals surface area contributed by atoms with Gasteiger partial charge in [0.2, 0.25) is 32.0 Å². The van der Waals surface area contributed by atoms with Crippen molar-refractivity contribution in [1.82, 2.24) is 18.9 Å². The minimum Gasteiger partial charge on any atom is -0.493 e. The number of hydrogen-bond donors (Lipinski definition) is 5. The van der Waals surface area contributed by atoms with Crippen molar-refractivity contribution in [2.45, 2.75) is 52.8 Å². The third kappa shape index (κ3) is 17.6. The Hall–Kier alpha value is -6.95. The number of pyridine rings is 1. The third-order valence-corrected chi connectivity index (χ3v) is 16.2. The first-order chi connectivity index (χ1) is 34.6. The van der Waals surface area contributed by atoms with E-state index < -0.39 is 55.0 Å². The largest absolute Gasteiger partial charge is 0.493 e. The van der Waals surface area contributed by atoms with Gasteiger partial charge in [-0.25, -0.2) is 21.6 Å². The summed E-state index contributed by atoms with van der Waals surface area (Å²) in [5.41, 5.74) is 22.7. The van der Waals surface area contributed by atoms with Gasteiger partial charge in [-0.2, -0.15) is 21.1 Å². The van der Waals surface area contributed by atoms with Gasteiger partial charge in [0.05, 0.1) is 13.2 Å². The Balaban J connectivity index is 0.000000271. The summed E-state index contributed by atoms with van der Waals surface area (Å²) < 4.78 is 131. The number of oxime groups is 2. The molecule has 28 heteroatoms. The second-order valence-corrected chi connectivity index (χ2v) is 22.6. The van der Waals surface area contributed by atoms with E-state index in [1.54, 1.807) is 38.1 Å². The van der Waals surface area contributed by atoms with Crippen molar-refractivity contribution in [3.8, 4) is 23.0 Å². The van der Waals surface area contributed by atoms with Crippen molar-refractivity contribution < 1.29 is 61.2 Å². The molecule has 0 unspecified atom stereocenters. The normalized spacial score (nSPS) is 13.4. The molecule has 0 bridgehead atoms. The lowest BCUT2D eigenvalue weighted by molar-refractivity contribution is 0.127. The number of aromatic nitrogens is 1. The zero-order valence-corrected chi connectivity index (χ0v) is 43.3. The highest BCUT2D eigenvalue weighted by Crippen LogP contribution is 2.31. The summed E-state index contributed by atoms with van der Waals surface area (Å²) in [6.45, 7) is 6.00. The number of likely N-dealkylation sites (N-methyl/N-ethyl adjacent to an activating group) is 1. The molecule has 0 spiro atoms. The Morgan fingerprint density at radius 3 is 1.47 bits per heavy atom. The van der Waals surface area contributed by atoms with Crippen LogP contribution in [-0.4, -0.2) is 119 Å². The fourth-order valence-electron chi connectivity index (χ4n) is 6.57. The van der Waals surface area contributed by atoms with E-state index in [2.05, 4.69) is 20.0 Å². The Morgan fingerprint density at radius 1 is 0.575 bits per heavy atom. The van der Waals surface area contributed by atoms with E-state index >= 15 is 0 Å². The number of rotatable bonds is 24. The molecule has 1 aliphatic heterocycles. The average Bonchev–Trinajstić information content (AvgIpc) is 3.33. The van der Waals surface area contributed by atoms with Gasteiger partial charge in [-0.3, -0.25) is 4.98 Å². The van der Waals surface area contributed by atoms with Crippen LogP contribution in [0, 0.1) is 13.8 Å². The molecular weight excluding hydrogens is 1030 g/mol. The van der Waals surface area contributed by atoms with Crippen LogP contribution in [0.1, 0.15) is 29.5 Å². The molecule has 0 aliphatic carbocycles. The topological polar surface area (TPSA) is 352 Å². The monoisotopic (exact) mass is 1090 g/mol. The predicted octanol–water partition coefficient (Wildman–Crippen LogP) is 2.28. The third-order valence-electron chi connectivity index (χ3n) is 9.92. The molecule has 1 aromatic heterocycles. The zero-order valence-electron chi connectivity index (χ0n) is 40.1. The number of nitrogens with one attached hydrogen (secondary N) is 1. The van der Waals surface area contributed by atoms with Gasteiger partial charge in [0, 0.05) is 70.1 Å². The van der Waals surface area contributed by atoms with Crippen LogP contribution in [0.25, 0.3) is 0 Å². The van der Waals surface area contributed by atoms with E-state index in [1.807, 2.05) is 11.9 Å². The zero-order chi connectivity index (χ0) is 53.2. The number of nitrogens with zero attached hydrogens (tertiary/aromatic N) is 5. The number of sulfonamides is 2. The molecule has 5 aromatic rings. The van der Waals surface area contributed by atoms with Gasteiger partial charge in [0.15, 0.2) is 0 Å². The number of nitrogens with two attached hydrogens (primary N) is 4. The number of ether oxygens (including phenoxy) is 2. The molecule has 0 radical (unpaired) electrons. The number of piperazine rings is 1. The fourth-order valence-corrected chi connectivity index (χ4v) is 12.4. The SMILES string of the molecule is Cc1cc(OCCCON=C(N)N)cc(OS(=O)(=O)c2ccccc2S(=O)(=O)N2CCN(C)CC2)c1.Cc1cc(OCCCON=C(N)N)cc(OS(=O)(=O)c2ccccc2S(=O)(=O)NCc2ccncc2)c1. The van der Waals surface area contributed by atoms with Crippen LogP contribution in [0.3, 0.4) is 0 Å². The minimum atomic E-state index is -4.53. The Morgan fingerprint density at radius 2 is 1.00 bits per heavy atom. The van der Waals surface area contributed by atoms with Crippen LogP contribution in [0.4, 0.5) is 0 Å². The molecule has 9 N–H and O–H groups in total. The van der Waals surface area contributed by atoms with Crippen LogP contribution in [0.5, 0.6) is 23.0 Å². The Labute approximate surface area is 425 Å². The molecule has 1 saturated heterocycles. The van der Waals surface area contributed by atoms with Gasteiger partial charge in [-0.15, -0.1) is 0 Å². The van der Waals surface area contributed by atoms with Crippen molar-refractivity contribution in [3.63, 3.8) is 0 Å². The second-order valence-electron chi connectivity index (χ2n) is 15.9. The first-order valence-electron chi connectivity index (χ1n) is 22.1. The van der Waals surface area contributed by atoms with Crippen LogP contribution >= 0.6 is 0 Å². The van der Waals surface area contributed by atoms with Crippen molar-refractivity contribution in [3.05, 3.63) is 126 Å². The molecular formula is C45H58N10O14S4. The Kier molecular flexibility index (Phi) is 20.4. The van der Waals surface area contributed by atoms with E-state index in [0.717, 1.165) is 0 Å². The molecule has 0 atom stereocenters. The summed E-state index contributed by atoms with van der Waals surface area (Å²) in [5, 5.41) is 6.80. The smallest absolute Gasteiger partial charge is 0.340 e. The standard InChI is InChI=1S/C23H27N5O7S2.C22H31N5O7S2/c1-17-13-19(33-11-4-12-34-28-23(24)25)15-20(14-17)35-37(31,32)22-6-3-2-5-21(22)36(29,30)27-16-18-7-9-26-10-8-18;1-17-14-18(32-12-5-13-33-25-22(23)24)16-19(15-17)34-36(30,31)21-7-4-3-6-20(21)35(28,29)27-10-8-26(2)9-11-27/h2-3,5-10,13-15,27H,4,11-12,16H2,1H3,(H4,24,25,28);3-4,6-7,14-16H,5,8-13H2,1-2H3,(H4,23,24,25). The lowest BCUT2D eigenvalue weighted by atomic mass is 10.2. The van der Waals surface area contributed by atoms with E-state index in [-0.39, 0.29) is 74.4 Å². The molecule has 0 amide bonds. The summed E-state index contributed by atoms with van der Waals surface area (Å²) in [6, 6.07) is 23.1. The number of hydrogen-bond acceptors (Lipinski definition) is 18. The molecule has 24 nitrogen and oxygen atoms in total. The Bertz CT molecular complexity index is 3150. The maximum Gasteiger partial charge on any atom is 0.340 e. The maximum atomic E-state index is 13.3. The predicted molar refractivity (Wildman–Crippen MR) is 269 cm³/mol. The summed E-state index contributed by atoms with van der Waals surface area (Å²) >= 11 is 0. The molecule has 73 heavy (non-hydrogen) atoms. The highest BCUT2D eigenvalue weighted by molar-refractivity contribution is 7.92. The van der Waals surface area contributed by atoms with E-state index in [9.17, 15) is 33.7 Å². The van der Waals surface area contributed by atoms with Gasteiger partial charge in [0.25, 0.3) is 0 Å². The number of benzene rings is 4. The van der Waals surface area contributed by atoms with E-state index in [1.165, 1.54) is 89.5 Å². The van der Waals surface area contributed by atoms with Crippen LogP contribution in [0.2, 0.25) is 0 Å². The summed E-state index contributed by atoms with van der Waals surface area (Å²) in [5.74, 6) is 0.307. The van der Waals surface area contributed by atoms with E-state index in [4.69, 9.17) is 50.4 Å². The van der Waals surface area contributed by atoms with Crippen molar-refractivity contribution in [2.75, 3.05) is 59.7 Å². The highest BCUT2D eigenvalue weighted by atomic mass is 32.2. The molecule has 4 aromatic carbocycles. The number of aryl methyl sites for hydroxylation is 2. The minimum absolute atomic E-state index is 0.00597. The first kappa shape index (κ1) is 57.0.